The molecule has 6 heteroatoms. The van der Waals surface area contributed by atoms with E-state index in [4.69, 9.17) is 4.74 Å². The molecule has 1 unspecified atom stereocenters. The van der Waals surface area contributed by atoms with E-state index >= 15 is 0 Å². The molecule has 0 radical (unpaired) electrons. The zero-order chi connectivity index (χ0) is 20.4. The number of amides is 2. The number of hydrogen-bond acceptors (Lipinski definition) is 3. The van der Waals surface area contributed by atoms with Crippen LogP contribution in [-0.4, -0.2) is 42.5 Å². The molecule has 3 rings (SSSR count). The predicted octanol–water partition coefficient (Wildman–Crippen LogP) is 3.63. The maximum absolute atomic E-state index is 12.9. The molecule has 1 heterocycles. The van der Waals surface area contributed by atoms with E-state index in [0.717, 1.165) is 16.5 Å². The van der Waals surface area contributed by atoms with Crippen LogP contribution in [0.3, 0.4) is 0 Å². The molecular weight excluding hydrogens is 354 g/mol. The summed E-state index contributed by atoms with van der Waals surface area (Å²) >= 11 is 0. The Morgan fingerprint density at radius 1 is 1.14 bits per heavy atom. The molecule has 6 nitrogen and oxygen atoms in total. The first-order chi connectivity index (χ1) is 13.3. The number of nitrogens with one attached hydrogen (secondary N) is 1. The summed E-state index contributed by atoms with van der Waals surface area (Å²) in [6.45, 7) is 1.88. The molecule has 3 aromatic rings. The summed E-state index contributed by atoms with van der Waals surface area (Å²) in [5, 5.41) is 3.99. The number of benzene rings is 2. The van der Waals surface area contributed by atoms with Crippen LogP contribution in [0.25, 0.3) is 10.9 Å². The number of ether oxygens (including phenoxy) is 1. The lowest BCUT2D eigenvalue weighted by Gasteiger charge is -2.16. The first kappa shape index (κ1) is 19.5. The summed E-state index contributed by atoms with van der Waals surface area (Å²) in [5.74, 6) is -0.160. The molecule has 0 saturated heterocycles. The van der Waals surface area contributed by atoms with Crippen molar-refractivity contribution in [2.24, 2.45) is 7.05 Å². The van der Waals surface area contributed by atoms with Gasteiger partial charge in [0.05, 0.1) is 18.7 Å². The van der Waals surface area contributed by atoms with Gasteiger partial charge < -0.3 is 19.5 Å². The Labute approximate surface area is 164 Å². The van der Waals surface area contributed by atoms with Gasteiger partial charge in [0.2, 0.25) is 5.91 Å². The van der Waals surface area contributed by atoms with Gasteiger partial charge in [-0.2, -0.15) is 0 Å². The number of rotatable bonds is 5. The van der Waals surface area contributed by atoms with Crippen molar-refractivity contribution < 1.29 is 14.3 Å². The number of nitrogens with zero attached hydrogens (tertiary/aromatic N) is 2. The van der Waals surface area contributed by atoms with Crippen molar-refractivity contribution in [3.8, 4) is 5.75 Å². The highest BCUT2D eigenvalue weighted by Crippen LogP contribution is 2.30. The van der Waals surface area contributed by atoms with Crippen molar-refractivity contribution in [2.75, 3.05) is 26.5 Å². The van der Waals surface area contributed by atoms with Gasteiger partial charge in [0.1, 0.15) is 5.75 Å². The second-order valence-electron chi connectivity index (χ2n) is 7.04. The summed E-state index contributed by atoms with van der Waals surface area (Å²) in [7, 11) is 6.87. The zero-order valence-corrected chi connectivity index (χ0v) is 16.8. The standard InChI is InChI=1S/C22H25N3O3/c1-14(17-13-25(4)19-9-7-6-8-16(17)19)21(26)23-18-11-10-15(12-20(18)28-5)22(27)24(2)3/h6-14H,1-5H3,(H,23,26). The van der Waals surface area contributed by atoms with Crippen molar-refractivity contribution in [1.82, 2.24) is 9.47 Å². The average molecular weight is 379 g/mol. The smallest absolute Gasteiger partial charge is 0.253 e. The van der Waals surface area contributed by atoms with Gasteiger partial charge in [0, 0.05) is 43.8 Å². The lowest BCUT2D eigenvalue weighted by Crippen LogP contribution is -2.22. The SMILES string of the molecule is COc1cc(C(=O)N(C)C)ccc1NC(=O)C(C)c1cn(C)c2ccccc12. The lowest BCUT2D eigenvalue weighted by atomic mass is 9.99. The minimum Gasteiger partial charge on any atom is -0.495 e. The van der Waals surface area contributed by atoms with Gasteiger partial charge in [-0.1, -0.05) is 18.2 Å². The van der Waals surface area contributed by atoms with Gasteiger partial charge in [-0.3, -0.25) is 9.59 Å². The Morgan fingerprint density at radius 2 is 1.86 bits per heavy atom. The molecule has 1 atom stereocenters. The monoisotopic (exact) mass is 379 g/mol. The number of aromatic nitrogens is 1. The molecule has 0 aliphatic rings. The van der Waals surface area contributed by atoms with Gasteiger partial charge in [0.15, 0.2) is 0 Å². The summed E-state index contributed by atoms with van der Waals surface area (Å²) < 4.78 is 7.41. The molecule has 0 aliphatic carbocycles. The fourth-order valence-corrected chi connectivity index (χ4v) is 3.29. The first-order valence-electron chi connectivity index (χ1n) is 9.08. The molecule has 2 amide bonds. The number of anilines is 1. The topological polar surface area (TPSA) is 63.6 Å². The van der Waals surface area contributed by atoms with E-state index in [2.05, 4.69) is 5.32 Å². The summed E-state index contributed by atoms with van der Waals surface area (Å²) in [4.78, 5) is 26.6. The van der Waals surface area contributed by atoms with Crippen LogP contribution in [0.1, 0.15) is 28.8 Å². The van der Waals surface area contributed by atoms with Gasteiger partial charge in [-0.05, 0) is 36.8 Å². The third-order valence-electron chi connectivity index (χ3n) is 4.90. The van der Waals surface area contributed by atoms with Crippen LogP contribution in [0.15, 0.2) is 48.7 Å². The molecule has 0 fully saturated rings. The van der Waals surface area contributed by atoms with Gasteiger partial charge >= 0.3 is 0 Å². The van der Waals surface area contributed by atoms with Crippen LogP contribution >= 0.6 is 0 Å². The van der Waals surface area contributed by atoms with Crippen molar-refractivity contribution in [1.29, 1.82) is 0 Å². The Morgan fingerprint density at radius 3 is 2.54 bits per heavy atom. The second kappa shape index (κ2) is 7.76. The number of methoxy groups -OCH3 is 1. The third-order valence-corrected chi connectivity index (χ3v) is 4.90. The van der Waals surface area contributed by atoms with Gasteiger partial charge in [-0.15, -0.1) is 0 Å². The summed E-state index contributed by atoms with van der Waals surface area (Å²) in [6, 6.07) is 13.0. The maximum Gasteiger partial charge on any atom is 0.253 e. The van der Waals surface area contributed by atoms with E-state index in [1.807, 2.05) is 49.0 Å². The second-order valence-corrected chi connectivity index (χ2v) is 7.04. The fourth-order valence-electron chi connectivity index (χ4n) is 3.29. The number of carbonyl (C=O) groups is 2. The van der Waals surface area contributed by atoms with Crippen LogP contribution in [0.2, 0.25) is 0 Å². The molecule has 0 bridgehead atoms. The van der Waals surface area contributed by atoms with Gasteiger partial charge in [-0.25, -0.2) is 0 Å². The molecule has 0 aliphatic heterocycles. The highest BCUT2D eigenvalue weighted by molar-refractivity contribution is 6.01. The molecule has 28 heavy (non-hydrogen) atoms. The predicted molar refractivity (Wildman–Crippen MR) is 111 cm³/mol. The normalized spacial score (nSPS) is 11.9. The van der Waals surface area contributed by atoms with E-state index in [1.54, 1.807) is 32.3 Å². The molecule has 0 spiro atoms. The number of carbonyl (C=O) groups excluding carboxylic acids is 2. The van der Waals surface area contributed by atoms with Crippen molar-refractivity contribution >= 4 is 28.4 Å². The average Bonchev–Trinajstić information content (AvgIpc) is 3.03. The van der Waals surface area contributed by atoms with Crippen LogP contribution < -0.4 is 10.1 Å². The van der Waals surface area contributed by atoms with Crippen molar-refractivity contribution in [2.45, 2.75) is 12.8 Å². The third kappa shape index (κ3) is 3.58. The molecular formula is C22H25N3O3. The highest BCUT2D eigenvalue weighted by atomic mass is 16.5. The van der Waals surface area contributed by atoms with Crippen LogP contribution in [0, 0.1) is 0 Å². The van der Waals surface area contributed by atoms with Crippen LogP contribution in [-0.2, 0) is 11.8 Å². The van der Waals surface area contributed by atoms with E-state index < -0.39 is 0 Å². The lowest BCUT2D eigenvalue weighted by molar-refractivity contribution is -0.117. The summed E-state index contributed by atoms with van der Waals surface area (Å²) in [5.41, 5.74) is 3.09. The Bertz CT molecular complexity index is 1040. The van der Waals surface area contributed by atoms with Crippen LogP contribution in [0.5, 0.6) is 5.75 Å². The van der Waals surface area contributed by atoms with E-state index in [-0.39, 0.29) is 17.7 Å². The minimum absolute atomic E-state index is 0.125. The number of hydrogen-bond donors (Lipinski definition) is 1. The highest BCUT2D eigenvalue weighted by Gasteiger charge is 2.21. The van der Waals surface area contributed by atoms with E-state index in [1.165, 1.54) is 12.0 Å². The molecule has 2 aromatic carbocycles. The Balaban J connectivity index is 1.86. The summed E-state index contributed by atoms with van der Waals surface area (Å²) in [6.07, 6.45) is 1.99. The zero-order valence-electron chi connectivity index (χ0n) is 16.8. The molecule has 1 aromatic heterocycles. The Kier molecular flexibility index (Phi) is 5.40. The minimum atomic E-state index is -0.348. The maximum atomic E-state index is 12.9. The molecule has 0 saturated carbocycles. The van der Waals surface area contributed by atoms with Crippen molar-refractivity contribution in [3.63, 3.8) is 0 Å². The van der Waals surface area contributed by atoms with Crippen LogP contribution in [0.4, 0.5) is 5.69 Å². The number of fused-ring (bicyclic) bond motifs is 1. The molecule has 1 N–H and O–H groups in total. The number of para-hydroxylation sites is 1. The van der Waals surface area contributed by atoms with Gasteiger partial charge in [0.25, 0.3) is 5.91 Å². The quantitative estimate of drug-likeness (QED) is 0.736. The fraction of sp³-hybridized carbons (Fsp3) is 0.273. The Hall–Kier alpha value is -3.28. The van der Waals surface area contributed by atoms with Crippen molar-refractivity contribution in [3.05, 3.63) is 59.8 Å². The number of aryl methyl sites for hydroxylation is 1. The molecule has 146 valence electrons. The largest absolute Gasteiger partial charge is 0.495 e. The first-order valence-corrected chi connectivity index (χ1v) is 9.08. The van der Waals surface area contributed by atoms with E-state index in [0.29, 0.717) is 17.0 Å². The van der Waals surface area contributed by atoms with E-state index in [9.17, 15) is 9.59 Å².